The number of hydrogen-bond donors (Lipinski definition) is 2. The molecule has 0 spiro atoms. The molecule has 5 heteroatoms. The number of anilines is 1. The van der Waals surface area contributed by atoms with E-state index in [0.29, 0.717) is 0 Å². The maximum Gasteiger partial charge on any atom is 0.120 e. The van der Waals surface area contributed by atoms with E-state index in [1.165, 1.54) is 4.88 Å². The summed E-state index contributed by atoms with van der Waals surface area (Å²) in [6.45, 7) is 1.60. The van der Waals surface area contributed by atoms with Crippen LogP contribution < -0.4 is 15.8 Å². The monoisotopic (exact) mass is 326 g/mol. The molecule has 0 atom stereocenters. The van der Waals surface area contributed by atoms with Crippen molar-refractivity contribution in [3.8, 4) is 5.75 Å². The summed E-state index contributed by atoms with van der Waals surface area (Å²) in [7, 11) is 1.64. The van der Waals surface area contributed by atoms with Gasteiger partial charge in [-0.25, -0.2) is 0 Å². The predicted octanol–water partition coefficient (Wildman–Crippen LogP) is 3.39. The van der Waals surface area contributed by atoms with E-state index in [2.05, 4.69) is 33.4 Å². The highest BCUT2D eigenvalue weighted by atomic mass is 79.9. The second-order valence-electron chi connectivity index (χ2n) is 3.87. The third-order valence-corrected chi connectivity index (χ3v) is 4.22. The van der Waals surface area contributed by atoms with Crippen molar-refractivity contribution in [2.75, 3.05) is 12.8 Å². The van der Waals surface area contributed by atoms with Gasteiger partial charge in [0.2, 0.25) is 0 Å². The highest BCUT2D eigenvalue weighted by Crippen LogP contribution is 2.22. The lowest BCUT2D eigenvalue weighted by atomic mass is 10.1. The molecule has 0 fully saturated rings. The molecule has 0 saturated carbocycles. The Morgan fingerprint density at radius 2 is 2.11 bits per heavy atom. The van der Waals surface area contributed by atoms with Crippen LogP contribution in [-0.2, 0) is 13.1 Å². The first-order chi connectivity index (χ1) is 8.69. The number of thiophene rings is 1. The highest BCUT2D eigenvalue weighted by Gasteiger charge is 2.02. The molecule has 2 rings (SSSR count). The molecule has 0 unspecified atom stereocenters. The largest absolute Gasteiger partial charge is 0.497 e. The SMILES string of the molecule is COc1ccc(CNCc2ccc(Br)s2)c(N)c1. The van der Waals surface area contributed by atoms with E-state index < -0.39 is 0 Å². The Balaban J connectivity index is 1.90. The number of benzene rings is 1. The molecule has 0 amide bonds. The van der Waals surface area contributed by atoms with Gasteiger partial charge in [-0.05, 0) is 39.7 Å². The van der Waals surface area contributed by atoms with Crippen molar-refractivity contribution in [1.82, 2.24) is 5.32 Å². The third kappa shape index (κ3) is 3.48. The number of halogens is 1. The number of hydrogen-bond acceptors (Lipinski definition) is 4. The molecule has 1 aromatic carbocycles. The van der Waals surface area contributed by atoms with Gasteiger partial charge in [-0.1, -0.05) is 6.07 Å². The van der Waals surface area contributed by atoms with E-state index in [9.17, 15) is 0 Å². The van der Waals surface area contributed by atoms with Crippen LogP contribution in [0.4, 0.5) is 5.69 Å². The highest BCUT2D eigenvalue weighted by molar-refractivity contribution is 9.11. The number of ether oxygens (including phenoxy) is 1. The lowest BCUT2D eigenvalue weighted by Gasteiger charge is -2.08. The van der Waals surface area contributed by atoms with Crippen LogP contribution in [0.2, 0.25) is 0 Å². The molecule has 0 bridgehead atoms. The van der Waals surface area contributed by atoms with Gasteiger partial charge in [0.05, 0.1) is 10.9 Å². The maximum absolute atomic E-state index is 5.96. The summed E-state index contributed by atoms with van der Waals surface area (Å²) in [4.78, 5) is 1.30. The van der Waals surface area contributed by atoms with Crippen LogP contribution in [0, 0.1) is 0 Å². The summed E-state index contributed by atoms with van der Waals surface area (Å²) in [5.74, 6) is 0.790. The third-order valence-electron chi connectivity index (χ3n) is 2.60. The standard InChI is InChI=1S/C13H15BrN2OS/c1-17-10-3-2-9(12(15)6-10)7-16-8-11-4-5-13(14)18-11/h2-6,16H,7-8,15H2,1H3. The average molecular weight is 327 g/mol. The summed E-state index contributed by atoms with van der Waals surface area (Å²) in [5.41, 5.74) is 7.80. The summed E-state index contributed by atoms with van der Waals surface area (Å²) in [5, 5.41) is 3.38. The molecule has 3 N–H and O–H groups in total. The summed E-state index contributed by atoms with van der Waals surface area (Å²) in [6.07, 6.45) is 0. The fourth-order valence-corrected chi connectivity index (χ4v) is 3.08. The lowest BCUT2D eigenvalue weighted by molar-refractivity contribution is 0.415. The first-order valence-electron chi connectivity index (χ1n) is 5.56. The van der Waals surface area contributed by atoms with E-state index in [1.54, 1.807) is 18.4 Å². The lowest BCUT2D eigenvalue weighted by Crippen LogP contribution is -2.13. The van der Waals surface area contributed by atoms with Gasteiger partial charge in [0.15, 0.2) is 0 Å². The normalized spacial score (nSPS) is 10.6. The minimum absolute atomic E-state index is 0.755. The summed E-state index contributed by atoms with van der Waals surface area (Å²) in [6, 6.07) is 9.93. The van der Waals surface area contributed by atoms with Crippen molar-refractivity contribution in [3.05, 3.63) is 44.6 Å². The Bertz CT molecular complexity index is 527. The summed E-state index contributed by atoms with van der Waals surface area (Å²) >= 11 is 5.19. The summed E-state index contributed by atoms with van der Waals surface area (Å²) < 4.78 is 6.28. The van der Waals surface area contributed by atoms with Gasteiger partial charge < -0.3 is 15.8 Å². The number of nitrogen functional groups attached to an aromatic ring is 1. The van der Waals surface area contributed by atoms with Gasteiger partial charge >= 0.3 is 0 Å². The minimum atomic E-state index is 0.755. The smallest absolute Gasteiger partial charge is 0.120 e. The first kappa shape index (κ1) is 13.4. The van der Waals surface area contributed by atoms with Crippen LogP contribution in [-0.4, -0.2) is 7.11 Å². The number of methoxy groups -OCH3 is 1. The zero-order valence-corrected chi connectivity index (χ0v) is 12.5. The molecule has 1 heterocycles. The fourth-order valence-electron chi connectivity index (χ4n) is 1.63. The van der Waals surface area contributed by atoms with E-state index in [1.807, 2.05) is 18.2 Å². The van der Waals surface area contributed by atoms with Gasteiger partial charge in [0.1, 0.15) is 5.75 Å². The first-order valence-corrected chi connectivity index (χ1v) is 7.17. The molecule has 0 saturated heterocycles. The second kappa shape index (κ2) is 6.22. The average Bonchev–Trinajstić information content (AvgIpc) is 2.77. The quantitative estimate of drug-likeness (QED) is 0.828. The van der Waals surface area contributed by atoms with Crippen molar-refractivity contribution in [3.63, 3.8) is 0 Å². The van der Waals surface area contributed by atoms with Gasteiger partial charge in [-0.3, -0.25) is 0 Å². The Hall–Kier alpha value is -1.04. The molecule has 3 nitrogen and oxygen atoms in total. The second-order valence-corrected chi connectivity index (χ2v) is 6.42. The van der Waals surface area contributed by atoms with Crippen molar-refractivity contribution >= 4 is 33.0 Å². The number of nitrogens with one attached hydrogen (secondary N) is 1. The maximum atomic E-state index is 5.96. The Morgan fingerprint density at radius 3 is 2.72 bits per heavy atom. The zero-order valence-electron chi connectivity index (χ0n) is 10.1. The molecule has 0 aliphatic carbocycles. The van der Waals surface area contributed by atoms with Crippen LogP contribution in [0.5, 0.6) is 5.75 Å². The van der Waals surface area contributed by atoms with E-state index in [0.717, 1.165) is 33.9 Å². The minimum Gasteiger partial charge on any atom is -0.497 e. The van der Waals surface area contributed by atoms with E-state index in [4.69, 9.17) is 10.5 Å². The Morgan fingerprint density at radius 1 is 1.28 bits per heavy atom. The van der Waals surface area contributed by atoms with E-state index in [-0.39, 0.29) is 0 Å². The molecule has 0 radical (unpaired) electrons. The van der Waals surface area contributed by atoms with Crippen molar-refractivity contribution in [1.29, 1.82) is 0 Å². The molecular formula is C13H15BrN2OS. The Kier molecular flexibility index (Phi) is 4.63. The molecule has 18 heavy (non-hydrogen) atoms. The molecule has 1 aromatic heterocycles. The fraction of sp³-hybridized carbons (Fsp3) is 0.231. The van der Waals surface area contributed by atoms with E-state index >= 15 is 0 Å². The van der Waals surface area contributed by atoms with Crippen molar-refractivity contribution in [2.45, 2.75) is 13.1 Å². The van der Waals surface area contributed by atoms with Gasteiger partial charge in [0.25, 0.3) is 0 Å². The molecule has 0 aliphatic rings. The molecule has 96 valence electrons. The van der Waals surface area contributed by atoms with Gasteiger partial charge in [0, 0.05) is 29.7 Å². The van der Waals surface area contributed by atoms with Crippen LogP contribution in [0.15, 0.2) is 34.1 Å². The topological polar surface area (TPSA) is 47.3 Å². The van der Waals surface area contributed by atoms with Gasteiger partial charge in [-0.15, -0.1) is 11.3 Å². The van der Waals surface area contributed by atoms with Crippen LogP contribution in [0.3, 0.4) is 0 Å². The number of nitrogens with two attached hydrogens (primary N) is 1. The van der Waals surface area contributed by atoms with Crippen molar-refractivity contribution < 1.29 is 4.74 Å². The predicted molar refractivity (Wildman–Crippen MR) is 80.0 cm³/mol. The van der Waals surface area contributed by atoms with Crippen LogP contribution >= 0.6 is 27.3 Å². The molecular weight excluding hydrogens is 312 g/mol. The Labute approximate surface area is 119 Å². The van der Waals surface area contributed by atoms with Crippen LogP contribution in [0.1, 0.15) is 10.4 Å². The zero-order chi connectivity index (χ0) is 13.0. The number of rotatable bonds is 5. The molecule has 0 aliphatic heterocycles. The molecule has 2 aromatic rings. The van der Waals surface area contributed by atoms with Gasteiger partial charge in [-0.2, -0.15) is 0 Å². The van der Waals surface area contributed by atoms with Crippen molar-refractivity contribution in [2.24, 2.45) is 0 Å². The van der Waals surface area contributed by atoms with Crippen LogP contribution in [0.25, 0.3) is 0 Å².